The zero-order valence-corrected chi connectivity index (χ0v) is 9.88. The molecule has 0 fully saturated rings. The van der Waals surface area contributed by atoms with Gasteiger partial charge >= 0.3 is 0 Å². The van der Waals surface area contributed by atoms with Gasteiger partial charge in [0.25, 0.3) is 0 Å². The van der Waals surface area contributed by atoms with E-state index in [1.807, 2.05) is 0 Å². The second-order valence-electron chi connectivity index (χ2n) is 3.92. The average molecular weight is 225 g/mol. The number of aromatic nitrogens is 2. The molecule has 0 aromatic carbocycles. The van der Waals surface area contributed by atoms with Crippen molar-refractivity contribution >= 4 is 5.82 Å². The van der Waals surface area contributed by atoms with E-state index in [-0.39, 0.29) is 0 Å². The molecule has 3 nitrogen and oxygen atoms in total. The van der Waals surface area contributed by atoms with E-state index < -0.39 is 5.95 Å². The predicted octanol–water partition coefficient (Wildman–Crippen LogP) is 3.39. The first-order chi connectivity index (χ1) is 7.83. The normalized spacial score (nSPS) is 10.4. The van der Waals surface area contributed by atoms with Crippen LogP contribution >= 0.6 is 0 Å². The van der Waals surface area contributed by atoms with Crippen molar-refractivity contribution in [1.82, 2.24) is 9.97 Å². The molecule has 0 unspecified atom stereocenters. The lowest BCUT2D eigenvalue weighted by Gasteiger charge is -2.04. The number of nitrogens with one attached hydrogen (secondary N) is 1. The molecule has 0 amide bonds. The zero-order valence-electron chi connectivity index (χ0n) is 9.88. The Kier molecular flexibility index (Phi) is 6.45. The van der Waals surface area contributed by atoms with Crippen molar-refractivity contribution in [2.45, 2.75) is 45.4 Å². The quantitative estimate of drug-likeness (QED) is 0.544. The number of nitrogens with zero attached hydrogens (tertiary/aromatic N) is 2. The third-order valence-electron chi connectivity index (χ3n) is 2.47. The van der Waals surface area contributed by atoms with Gasteiger partial charge in [0.15, 0.2) is 0 Å². The molecule has 1 rings (SSSR count). The van der Waals surface area contributed by atoms with E-state index in [1.54, 1.807) is 0 Å². The summed E-state index contributed by atoms with van der Waals surface area (Å²) in [5.74, 6) is 0.0847. The standard InChI is InChI=1S/C12H20FN3/c1-2-3-4-5-6-7-8-14-12-9-11(13)15-10-16-12/h9-10H,2-8H2,1H3,(H,14,15,16). The van der Waals surface area contributed by atoms with Gasteiger partial charge in [0, 0.05) is 12.6 Å². The lowest BCUT2D eigenvalue weighted by Crippen LogP contribution is -2.04. The minimum Gasteiger partial charge on any atom is -0.370 e. The van der Waals surface area contributed by atoms with Gasteiger partial charge in [0.2, 0.25) is 5.95 Å². The van der Waals surface area contributed by atoms with Crippen LogP contribution in [0.5, 0.6) is 0 Å². The number of halogens is 1. The average Bonchev–Trinajstić information content (AvgIpc) is 2.28. The van der Waals surface area contributed by atoms with Crippen molar-refractivity contribution in [3.8, 4) is 0 Å². The van der Waals surface area contributed by atoms with E-state index in [4.69, 9.17) is 0 Å². The van der Waals surface area contributed by atoms with Gasteiger partial charge in [0.05, 0.1) is 0 Å². The summed E-state index contributed by atoms with van der Waals surface area (Å²) in [5, 5.41) is 3.09. The minimum atomic E-state index is -0.486. The van der Waals surface area contributed by atoms with Gasteiger partial charge < -0.3 is 5.32 Å². The Bertz CT molecular complexity index is 291. The van der Waals surface area contributed by atoms with Crippen molar-refractivity contribution < 1.29 is 4.39 Å². The third-order valence-corrected chi connectivity index (χ3v) is 2.47. The van der Waals surface area contributed by atoms with Crippen LogP contribution in [0.1, 0.15) is 45.4 Å². The zero-order chi connectivity index (χ0) is 11.6. The molecule has 0 radical (unpaired) electrons. The van der Waals surface area contributed by atoms with Crippen LogP contribution in [0, 0.1) is 5.95 Å². The van der Waals surface area contributed by atoms with Gasteiger partial charge in [-0.15, -0.1) is 0 Å². The molecule has 0 atom stereocenters. The Morgan fingerprint density at radius 3 is 2.62 bits per heavy atom. The highest BCUT2D eigenvalue weighted by Gasteiger charge is 1.96. The van der Waals surface area contributed by atoms with Gasteiger partial charge in [-0.25, -0.2) is 9.97 Å². The van der Waals surface area contributed by atoms with Crippen LogP contribution in [0.25, 0.3) is 0 Å². The summed E-state index contributed by atoms with van der Waals surface area (Å²) in [4.78, 5) is 7.32. The fourth-order valence-corrected chi connectivity index (χ4v) is 1.55. The highest BCUT2D eigenvalue weighted by Crippen LogP contribution is 2.06. The van der Waals surface area contributed by atoms with Gasteiger partial charge in [-0.1, -0.05) is 39.0 Å². The van der Waals surface area contributed by atoms with E-state index in [0.29, 0.717) is 5.82 Å². The summed E-state index contributed by atoms with van der Waals surface area (Å²) >= 11 is 0. The first-order valence-corrected chi connectivity index (χ1v) is 6.04. The van der Waals surface area contributed by atoms with E-state index >= 15 is 0 Å². The molecule has 0 spiro atoms. The van der Waals surface area contributed by atoms with Crippen LogP contribution in [0.3, 0.4) is 0 Å². The van der Waals surface area contributed by atoms with Crippen molar-refractivity contribution in [1.29, 1.82) is 0 Å². The first kappa shape index (κ1) is 12.9. The predicted molar refractivity (Wildman–Crippen MR) is 63.9 cm³/mol. The Hall–Kier alpha value is -1.19. The molecule has 1 N–H and O–H groups in total. The number of hydrogen-bond donors (Lipinski definition) is 1. The molecule has 1 heterocycles. The summed E-state index contributed by atoms with van der Waals surface area (Å²) in [7, 11) is 0. The van der Waals surface area contributed by atoms with Crippen molar-refractivity contribution in [3.05, 3.63) is 18.3 Å². The monoisotopic (exact) mass is 225 g/mol. The van der Waals surface area contributed by atoms with Crippen LogP contribution in [-0.2, 0) is 0 Å². The lowest BCUT2D eigenvalue weighted by molar-refractivity contribution is 0.579. The van der Waals surface area contributed by atoms with Gasteiger partial charge in [-0.05, 0) is 6.42 Å². The SMILES string of the molecule is CCCCCCCCNc1cc(F)ncn1. The van der Waals surface area contributed by atoms with E-state index in [9.17, 15) is 4.39 Å². The maximum Gasteiger partial charge on any atom is 0.217 e. The molecular weight excluding hydrogens is 205 g/mol. The van der Waals surface area contributed by atoms with E-state index in [1.165, 1.54) is 44.5 Å². The molecule has 0 aliphatic rings. The summed E-state index contributed by atoms with van der Waals surface area (Å²) in [6, 6.07) is 1.32. The van der Waals surface area contributed by atoms with Crippen LogP contribution in [0.15, 0.2) is 12.4 Å². The van der Waals surface area contributed by atoms with Gasteiger partial charge in [0.1, 0.15) is 12.1 Å². The van der Waals surface area contributed by atoms with Gasteiger partial charge in [-0.2, -0.15) is 4.39 Å². The molecule has 0 bridgehead atoms. The topological polar surface area (TPSA) is 37.8 Å². The van der Waals surface area contributed by atoms with Crippen molar-refractivity contribution in [2.75, 3.05) is 11.9 Å². The first-order valence-electron chi connectivity index (χ1n) is 6.04. The molecular formula is C12H20FN3. The maximum absolute atomic E-state index is 12.7. The smallest absolute Gasteiger partial charge is 0.217 e. The fourth-order valence-electron chi connectivity index (χ4n) is 1.55. The number of hydrogen-bond acceptors (Lipinski definition) is 3. The Balaban J connectivity index is 2.03. The Morgan fingerprint density at radius 2 is 1.88 bits per heavy atom. The fraction of sp³-hybridized carbons (Fsp3) is 0.667. The summed E-state index contributed by atoms with van der Waals surface area (Å²) in [6.07, 6.45) is 8.77. The highest BCUT2D eigenvalue weighted by molar-refractivity contribution is 5.31. The lowest BCUT2D eigenvalue weighted by atomic mass is 10.1. The van der Waals surface area contributed by atoms with Crippen LogP contribution in [-0.4, -0.2) is 16.5 Å². The Morgan fingerprint density at radius 1 is 1.12 bits per heavy atom. The highest BCUT2D eigenvalue weighted by atomic mass is 19.1. The molecule has 0 aliphatic heterocycles. The molecule has 1 aromatic rings. The largest absolute Gasteiger partial charge is 0.370 e. The molecule has 0 aliphatic carbocycles. The molecule has 16 heavy (non-hydrogen) atoms. The van der Waals surface area contributed by atoms with Crippen molar-refractivity contribution in [2.24, 2.45) is 0 Å². The Labute approximate surface area is 96.5 Å². The molecule has 0 saturated heterocycles. The summed E-state index contributed by atoms with van der Waals surface area (Å²) < 4.78 is 12.7. The molecule has 90 valence electrons. The third kappa shape index (κ3) is 5.63. The van der Waals surface area contributed by atoms with Crippen molar-refractivity contribution in [3.63, 3.8) is 0 Å². The second kappa shape index (κ2) is 8.02. The number of unbranched alkanes of at least 4 members (excludes halogenated alkanes) is 5. The summed E-state index contributed by atoms with van der Waals surface area (Å²) in [6.45, 7) is 3.06. The van der Waals surface area contributed by atoms with E-state index in [0.717, 1.165) is 13.0 Å². The summed E-state index contributed by atoms with van der Waals surface area (Å²) in [5.41, 5.74) is 0. The second-order valence-corrected chi connectivity index (χ2v) is 3.92. The maximum atomic E-state index is 12.7. The molecule has 4 heteroatoms. The van der Waals surface area contributed by atoms with Gasteiger partial charge in [-0.3, -0.25) is 0 Å². The number of anilines is 1. The molecule has 0 saturated carbocycles. The van der Waals surface area contributed by atoms with Crippen LogP contribution in [0.2, 0.25) is 0 Å². The number of rotatable bonds is 8. The van der Waals surface area contributed by atoms with E-state index in [2.05, 4.69) is 22.2 Å². The molecule has 1 aromatic heterocycles. The van der Waals surface area contributed by atoms with Crippen LogP contribution < -0.4 is 5.32 Å². The minimum absolute atomic E-state index is 0.486. The van der Waals surface area contributed by atoms with Crippen LogP contribution in [0.4, 0.5) is 10.2 Å².